The molecule has 8 rings (SSSR count). The van der Waals surface area contributed by atoms with E-state index in [4.69, 9.17) is 0 Å². The Morgan fingerprint density at radius 1 is 0.583 bits per heavy atom. The molecule has 0 radical (unpaired) electrons. The van der Waals surface area contributed by atoms with Crippen molar-refractivity contribution >= 4 is 27.0 Å². The largest absolute Gasteiger partial charge is 1.00 e. The molecule has 0 bridgehead atoms. The van der Waals surface area contributed by atoms with Crippen LogP contribution in [-0.2, 0) is 23.0 Å². The van der Waals surface area contributed by atoms with Crippen molar-refractivity contribution in [1.29, 1.82) is 0 Å². The van der Waals surface area contributed by atoms with E-state index in [-0.39, 0.29) is 30.3 Å². The van der Waals surface area contributed by atoms with Crippen molar-refractivity contribution in [3.05, 3.63) is 190 Å². The monoisotopic (exact) mass is 846 g/mol. The van der Waals surface area contributed by atoms with E-state index in [1.165, 1.54) is 89.1 Å². The summed E-state index contributed by atoms with van der Waals surface area (Å²) in [5.74, 6) is 0.845. The van der Waals surface area contributed by atoms with Crippen LogP contribution in [0.2, 0.25) is 13.1 Å². The first-order valence-corrected chi connectivity index (χ1v) is 24.1. The van der Waals surface area contributed by atoms with Gasteiger partial charge in [0.25, 0.3) is 0 Å². The number of fused-ring (bicyclic) bond motifs is 4. The van der Waals surface area contributed by atoms with Crippen LogP contribution in [-0.4, -0.2) is 5.49 Å². The van der Waals surface area contributed by atoms with Crippen molar-refractivity contribution in [2.75, 3.05) is 0 Å². The minimum atomic E-state index is 0. The molecule has 240 valence electrons. The molecule has 0 amide bonds. The number of hydrogen-bond donors (Lipinski definition) is 0. The van der Waals surface area contributed by atoms with E-state index in [2.05, 4.69) is 173 Å². The fourth-order valence-corrected chi connectivity index (χ4v) is 6.83. The maximum absolute atomic E-state index is 3.48. The summed E-state index contributed by atoms with van der Waals surface area (Å²) in [6, 6.07) is 30.6. The Labute approximate surface area is 314 Å². The van der Waals surface area contributed by atoms with Gasteiger partial charge in [0.2, 0.25) is 0 Å². The molecule has 0 aliphatic heterocycles. The smallest absolute Gasteiger partial charge is 1.00 e. The zero-order valence-corrected chi connectivity index (χ0v) is 34.1. The first kappa shape index (κ1) is 37.8. The van der Waals surface area contributed by atoms with E-state index < -0.39 is 0 Å². The van der Waals surface area contributed by atoms with Crippen LogP contribution in [0.15, 0.2) is 167 Å². The number of rotatable bonds is 2. The van der Waals surface area contributed by atoms with Crippen LogP contribution in [0, 0.1) is 12.2 Å². The van der Waals surface area contributed by atoms with Gasteiger partial charge in [-0.2, -0.15) is 34.4 Å². The molecule has 0 heterocycles. The second-order valence-electron chi connectivity index (χ2n) is 12.5. The molecule has 4 aromatic rings. The first-order chi connectivity index (χ1) is 22.4. The number of allylic oxidation sites excluding steroid dienone is 16. The summed E-state index contributed by atoms with van der Waals surface area (Å²) in [6.45, 7) is 8.92. The van der Waals surface area contributed by atoms with Gasteiger partial charge in [0, 0.05) is 0 Å². The molecule has 0 saturated carbocycles. The van der Waals surface area contributed by atoms with E-state index >= 15 is 0 Å². The van der Waals surface area contributed by atoms with Crippen molar-refractivity contribution in [2.45, 2.75) is 51.6 Å². The fraction of sp³-hybridized carbons (Fsp3) is 0.182. The van der Waals surface area contributed by atoms with Gasteiger partial charge in [-0.3, -0.25) is 0 Å². The first-order valence-electron chi connectivity index (χ1n) is 16.2. The van der Waals surface area contributed by atoms with Gasteiger partial charge in [0.15, 0.2) is 0 Å². The standard InChI is InChI=1S/2C21H17.C2H6Si.2ClH.Hf/c2*1-15-13-17-8-3-5-11-20(21(17)14-15)19-12-6-9-16-7-2-4-10-18(16)19;1-3-2;;;/h2*2-10,12,14,20H,11H2,1H3;1-2H3;2*1H;/q2*-1;;;;+2/p-2. The van der Waals surface area contributed by atoms with Gasteiger partial charge in [-0.25, -0.2) is 0 Å². The summed E-state index contributed by atoms with van der Waals surface area (Å²) in [4.78, 5) is 0. The van der Waals surface area contributed by atoms with Crippen LogP contribution in [0.4, 0.5) is 0 Å². The zero-order valence-electron chi connectivity index (χ0n) is 28.0. The summed E-state index contributed by atoms with van der Waals surface area (Å²) in [7, 11) is 0. The van der Waals surface area contributed by atoms with E-state index in [1.807, 2.05) is 0 Å². The van der Waals surface area contributed by atoms with Crippen molar-refractivity contribution in [1.82, 2.24) is 0 Å². The Bertz CT molecular complexity index is 1910. The minimum absolute atomic E-state index is 0. The van der Waals surface area contributed by atoms with Gasteiger partial charge >= 0.3 is 41.6 Å². The average Bonchev–Trinajstić information content (AvgIpc) is 3.47. The fourth-order valence-electron chi connectivity index (χ4n) is 6.83. The topological polar surface area (TPSA) is 0 Å². The number of halogens is 2. The third-order valence-electron chi connectivity index (χ3n) is 8.72. The SMILES string of the molecule is CC1=[C-]C2=CC=CCC(c3cccc4ccccc34)C2=C1.CC1=[C-]C2=CC=CCC(c3cccc4ccccc34)C2=C1.C[Si](C)=[Hf+2].[Cl-].[Cl-]. The van der Waals surface area contributed by atoms with Gasteiger partial charge in [0.1, 0.15) is 0 Å². The Hall–Kier alpha value is -3.01. The van der Waals surface area contributed by atoms with Crippen molar-refractivity contribution in [2.24, 2.45) is 0 Å². The van der Waals surface area contributed by atoms with Crippen LogP contribution in [0.25, 0.3) is 21.5 Å². The van der Waals surface area contributed by atoms with Gasteiger partial charge < -0.3 is 24.8 Å². The molecule has 4 aromatic carbocycles. The van der Waals surface area contributed by atoms with Crippen LogP contribution in [0.1, 0.15) is 49.7 Å². The molecule has 0 nitrogen and oxygen atoms in total. The predicted octanol–water partition coefficient (Wildman–Crippen LogP) is 5.79. The van der Waals surface area contributed by atoms with Gasteiger partial charge in [-0.1, -0.05) is 111 Å². The summed E-state index contributed by atoms with van der Waals surface area (Å²) < 4.78 is 0. The molecule has 0 saturated heterocycles. The van der Waals surface area contributed by atoms with Crippen molar-refractivity contribution in [3.63, 3.8) is 0 Å². The van der Waals surface area contributed by atoms with Crippen molar-refractivity contribution in [3.8, 4) is 0 Å². The van der Waals surface area contributed by atoms with E-state index in [9.17, 15) is 0 Å². The Balaban J connectivity index is 0.000000188. The third kappa shape index (κ3) is 8.76. The Kier molecular flexibility index (Phi) is 13.8. The average molecular weight is 846 g/mol. The van der Waals surface area contributed by atoms with Crippen LogP contribution < -0.4 is 24.8 Å². The molecule has 4 aliphatic rings. The summed E-state index contributed by atoms with van der Waals surface area (Å²) in [5.41, 5.74) is 10.9. The molecule has 0 spiro atoms. The number of benzene rings is 4. The molecule has 2 atom stereocenters. The van der Waals surface area contributed by atoms with E-state index in [0.29, 0.717) is 11.8 Å². The minimum Gasteiger partial charge on any atom is -1.00 e. The van der Waals surface area contributed by atoms with Crippen LogP contribution in [0.3, 0.4) is 0 Å². The predicted molar refractivity (Wildman–Crippen MR) is 196 cm³/mol. The van der Waals surface area contributed by atoms with Gasteiger partial charge in [0.05, 0.1) is 0 Å². The Morgan fingerprint density at radius 3 is 1.38 bits per heavy atom. The normalized spacial score (nSPS) is 18.6. The number of hydrogen-bond acceptors (Lipinski definition) is 0. The second kappa shape index (κ2) is 17.6. The maximum Gasteiger partial charge on any atom is -1.00 e. The van der Waals surface area contributed by atoms with Crippen LogP contribution >= 0.6 is 0 Å². The third-order valence-corrected chi connectivity index (χ3v) is 8.72. The molecule has 48 heavy (non-hydrogen) atoms. The van der Waals surface area contributed by atoms with E-state index in [0.717, 1.165) is 12.8 Å². The summed E-state index contributed by atoms with van der Waals surface area (Å²) in [5, 5.41) is 5.37. The Morgan fingerprint density at radius 2 is 0.958 bits per heavy atom. The molecule has 2 unspecified atom stereocenters. The molecular weight excluding hydrogens is 806 g/mol. The molecule has 4 heteroatoms. The molecule has 0 aromatic heterocycles. The summed E-state index contributed by atoms with van der Waals surface area (Å²) >= 11 is 1.45. The molecule has 4 aliphatic carbocycles. The molecule has 0 N–H and O–H groups in total. The van der Waals surface area contributed by atoms with Crippen LogP contribution in [0.5, 0.6) is 0 Å². The molecule has 0 fully saturated rings. The maximum atomic E-state index is 3.48. The summed E-state index contributed by atoms with van der Waals surface area (Å²) in [6.07, 6.45) is 26.9. The van der Waals surface area contributed by atoms with Gasteiger partial charge in [-0.05, 0) is 57.3 Å². The second-order valence-corrected chi connectivity index (χ2v) is 25.3. The van der Waals surface area contributed by atoms with Gasteiger partial charge in [-0.15, -0.1) is 47.6 Å². The quantitative estimate of drug-likeness (QED) is 0.177. The zero-order chi connectivity index (χ0) is 32.0. The van der Waals surface area contributed by atoms with E-state index in [1.54, 1.807) is 0 Å². The van der Waals surface area contributed by atoms with Crippen molar-refractivity contribution < 1.29 is 47.8 Å². The molecular formula is C44H40Cl2HfSi-2.